The quantitative estimate of drug-likeness (QED) is 0.618. The molecule has 3 aromatic heterocycles. The van der Waals surface area contributed by atoms with Crippen LogP contribution in [0.3, 0.4) is 0 Å². The molecule has 0 unspecified atom stereocenters. The summed E-state index contributed by atoms with van der Waals surface area (Å²) >= 11 is 2.55. The molecule has 0 spiro atoms. The van der Waals surface area contributed by atoms with Gasteiger partial charge >= 0.3 is 5.97 Å². The van der Waals surface area contributed by atoms with Crippen LogP contribution in [-0.4, -0.2) is 28.0 Å². The van der Waals surface area contributed by atoms with E-state index in [1.165, 1.54) is 24.5 Å². The molecule has 0 aliphatic heterocycles. The summed E-state index contributed by atoms with van der Waals surface area (Å²) in [6.07, 6.45) is 1.55. The van der Waals surface area contributed by atoms with Gasteiger partial charge in [-0.1, -0.05) is 6.07 Å². The Morgan fingerprint density at radius 2 is 2.08 bits per heavy atom. The number of nitrogens with one attached hydrogen (secondary N) is 1. The molecule has 0 aliphatic rings. The van der Waals surface area contributed by atoms with Gasteiger partial charge in [-0.3, -0.25) is 0 Å². The molecular formula is C16H15NO5S3. The second-order valence-corrected chi connectivity index (χ2v) is 8.67. The number of methoxy groups -OCH3 is 1. The van der Waals surface area contributed by atoms with Gasteiger partial charge in [-0.2, -0.15) is 0 Å². The number of thiophene rings is 2. The first-order valence-electron chi connectivity index (χ1n) is 7.25. The molecule has 0 amide bonds. The fourth-order valence-corrected chi connectivity index (χ4v) is 5.56. The number of esters is 1. The van der Waals surface area contributed by atoms with Gasteiger partial charge in [-0.15, -0.1) is 22.7 Å². The maximum absolute atomic E-state index is 12.6. The van der Waals surface area contributed by atoms with Crippen LogP contribution in [0.25, 0.3) is 0 Å². The van der Waals surface area contributed by atoms with E-state index in [2.05, 4.69) is 9.46 Å². The topological polar surface area (TPSA) is 85.6 Å². The lowest BCUT2D eigenvalue weighted by molar-refractivity contribution is 0.0602. The summed E-state index contributed by atoms with van der Waals surface area (Å²) in [5.41, 5.74) is 0. The zero-order chi connectivity index (χ0) is 17.9. The van der Waals surface area contributed by atoms with E-state index < -0.39 is 16.0 Å². The van der Waals surface area contributed by atoms with Gasteiger partial charge < -0.3 is 9.15 Å². The Bertz CT molecular complexity index is 892. The Hall–Kier alpha value is -1.94. The van der Waals surface area contributed by atoms with Crippen molar-refractivity contribution >= 4 is 38.7 Å². The van der Waals surface area contributed by atoms with Crippen LogP contribution in [0.1, 0.15) is 26.2 Å². The number of furan rings is 1. The lowest BCUT2D eigenvalue weighted by Gasteiger charge is -2.14. The highest BCUT2D eigenvalue weighted by Crippen LogP contribution is 2.29. The fourth-order valence-electron chi connectivity index (χ4n) is 2.34. The van der Waals surface area contributed by atoms with Crippen molar-refractivity contribution in [3.63, 3.8) is 0 Å². The first kappa shape index (κ1) is 17.9. The maximum Gasteiger partial charge on any atom is 0.349 e. The molecule has 3 heterocycles. The average Bonchev–Trinajstić information content (AvgIpc) is 3.34. The fraction of sp³-hybridized carbons (Fsp3) is 0.188. The number of rotatable bonds is 7. The van der Waals surface area contributed by atoms with Crippen LogP contribution in [0.2, 0.25) is 0 Å². The second-order valence-electron chi connectivity index (χ2n) is 5.04. The molecule has 1 N–H and O–H groups in total. The third-order valence-electron chi connectivity index (χ3n) is 3.54. The minimum Gasteiger partial charge on any atom is -0.469 e. The summed E-state index contributed by atoms with van der Waals surface area (Å²) in [5, 5.41) is 3.47. The molecule has 25 heavy (non-hydrogen) atoms. The molecule has 6 nitrogen and oxygen atoms in total. The first-order valence-corrected chi connectivity index (χ1v) is 10.5. The van der Waals surface area contributed by atoms with Crippen molar-refractivity contribution in [2.45, 2.75) is 10.8 Å². The van der Waals surface area contributed by atoms with Crippen molar-refractivity contribution in [3.05, 3.63) is 62.9 Å². The van der Waals surface area contributed by atoms with E-state index >= 15 is 0 Å². The number of carbonyl (C=O) groups is 1. The van der Waals surface area contributed by atoms with Crippen LogP contribution in [0.15, 0.2) is 56.7 Å². The first-order chi connectivity index (χ1) is 12.0. The van der Waals surface area contributed by atoms with Gasteiger partial charge in [0.25, 0.3) is 0 Å². The van der Waals surface area contributed by atoms with E-state index in [0.29, 0.717) is 5.76 Å². The number of sulfonamides is 1. The number of hydrogen-bond donors (Lipinski definition) is 1. The third-order valence-corrected chi connectivity index (χ3v) is 7.02. The highest BCUT2D eigenvalue weighted by Gasteiger charge is 2.27. The molecule has 0 radical (unpaired) electrons. The molecule has 9 heteroatoms. The Morgan fingerprint density at radius 3 is 2.72 bits per heavy atom. The highest BCUT2D eigenvalue weighted by atomic mass is 32.2. The Morgan fingerprint density at radius 1 is 1.24 bits per heavy atom. The highest BCUT2D eigenvalue weighted by molar-refractivity contribution is 7.89. The summed E-state index contributed by atoms with van der Waals surface area (Å²) in [7, 11) is -2.64. The van der Waals surface area contributed by atoms with Gasteiger partial charge in [0.1, 0.15) is 15.5 Å². The third kappa shape index (κ3) is 3.84. The molecule has 0 aromatic carbocycles. The summed E-state index contributed by atoms with van der Waals surface area (Å²) in [4.78, 5) is 12.7. The maximum atomic E-state index is 12.6. The lowest BCUT2D eigenvalue weighted by Crippen LogP contribution is -2.29. The van der Waals surface area contributed by atoms with Gasteiger partial charge in [0.15, 0.2) is 0 Å². The predicted octanol–water partition coefficient (Wildman–Crippen LogP) is 3.30. The largest absolute Gasteiger partial charge is 0.469 e. The van der Waals surface area contributed by atoms with Gasteiger partial charge in [-0.25, -0.2) is 17.9 Å². The summed E-state index contributed by atoms with van der Waals surface area (Å²) in [5.74, 6) is -0.245. The molecule has 0 bridgehead atoms. The zero-order valence-corrected chi connectivity index (χ0v) is 15.6. The van der Waals surface area contributed by atoms with Crippen LogP contribution in [0, 0.1) is 0 Å². The van der Waals surface area contributed by atoms with Crippen LogP contribution in [0.5, 0.6) is 0 Å². The summed E-state index contributed by atoms with van der Waals surface area (Å²) in [6.45, 7) is 0.118. The Balaban J connectivity index is 1.83. The molecule has 3 aromatic rings. The van der Waals surface area contributed by atoms with Crippen molar-refractivity contribution < 1.29 is 22.4 Å². The second kappa shape index (κ2) is 7.52. The van der Waals surface area contributed by atoms with Crippen LogP contribution >= 0.6 is 22.7 Å². The molecule has 0 aliphatic carbocycles. The van der Waals surface area contributed by atoms with E-state index in [-0.39, 0.29) is 22.2 Å². The Labute approximate surface area is 153 Å². The van der Waals surface area contributed by atoms with Crippen LogP contribution in [-0.2, 0) is 14.8 Å². The molecule has 3 rings (SSSR count). The van der Waals surface area contributed by atoms with Gasteiger partial charge in [0, 0.05) is 11.4 Å². The molecule has 0 saturated heterocycles. The van der Waals surface area contributed by atoms with E-state index in [1.54, 1.807) is 17.7 Å². The lowest BCUT2D eigenvalue weighted by atomic mass is 10.1. The van der Waals surface area contributed by atoms with Crippen molar-refractivity contribution in [2.24, 2.45) is 0 Å². The molecule has 132 valence electrons. The summed E-state index contributed by atoms with van der Waals surface area (Å²) in [6, 6.07) is 8.80. The molecule has 0 saturated carbocycles. The zero-order valence-electron chi connectivity index (χ0n) is 13.2. The molecule has 1 atom stereocenters. The number of carbonyl (C=O) groups excluding carboxylic acids is 1. The monoisotopic (exact) mass is 397 g/mol. The van der Waals surface area contributed by atoms with E-state index in [4.69, 9.17) is 4.42 Å². The van der Waals surface area contributed by atoms with Crippen molar-refractivity contribution in [1.82, 2.24) is 4.72 Å². The SMILES string of the molecule is COC(=O)c1sccc1S(=O)(=O)NC[C@H](c1ccco1)c1cccs1. The smallest absolute Gasteiger partial charge is 0.349 e. The normalized spacial score (nSPS) is 12.8. The van der Waals surface area contributed by atoms with E-state index in [9.17, 15) is 13.2 Å². The van der Waals surface area contributed by atoms with E-state index in [1.807, 2.05) is 23.6 Å². The van der Waals surface area contributed by atoms with Crippen LogP contribution < -0.4 is 4.72 Å². The number of hydrogen-bond acceptors (Lipinski definition) is 7. The van der Waals surface area contributed by atoms with Crippen molar-refractivity contribution in [3.8, 4) is 0 Å². The van der Waals surface area contributed by atoms with Gasteiger partial charge in [0.05, 0.1) is 19.3 Å². The standard InChI is InChI=1S/C16H15NO5S3/c1-21-16(18)15-14(6-9-24-15)25(19,20)17-10-11(12-4-2-7-22-12)13-5-3-8-23-13/h2-9,11,17H,10H2,1H3/t11-/m1/s1. The van der Waals surface area contributed by atoms with Gasteiger partial charge in [-0.05, 0) is 35.0 Å². The summed E-state index contributed by atoms with van der Waals surface area (Å²) < 4.78 is 37.9. The minimum absolute atomic E-state index is 0.0562. The van der Waals surface area contributed by atoms with Crippen molar-refractivity contribution in [1.29, 1.82) is 0 Å². The average molecular weight is 397 g/mol. The molecular weight excluding hydrogens is 382 g/mol. The Kier molecular flexibility index (Phi) is 5.38. The minimum atomic E-state index is -3.86. The van der Waals surface area contributed by atoms with Crippen molar-refractivity contribution in [2.75, 3.05) is 13.7 Å². The van der Waals surface area contributed by atoms with Gasteiger partial charge in [0.2, 0.25) is 10.0 Å². The number of ether oxygens (including phenoxy) is 1. The van der Waals surface area contributed by atoms with Crippen LogP contribution in [0.4, 0.5) is 0 Å². The molecule has 0 fully saturated rings. The van der Waals surface area contributed by atoms with E-state index in [0.717, 1.165) is 16.2 Å². The predicted molar refractivity (Wildman–Crippen MR) is 95.7 cm³/mol.